The Kier molecular flexibility index (Phi) is 4.34. The average molecular weight is 294 g/mol. The van der Waals surface area contributed by atoms with E-state index in [0.29, 0.717) is 24.5 Å². The van der Waals surface area contributed by atoms with E-state index < -0.39 is 0 Å². The summed E-state index contributed by atoms with van der Waals surface area (Å²) in [6.07, 6.45) is 3.46. The lowest BCUT2D eigenvalue weighted by atomic mass is 10.2. The van der Waals surface area contributed by atoms with Gasteiger partial charge < -0.3 is 5.32 Å². The molecule has 0 saturated heterocycles. The van der Waals surface area contributed by atoms with Gasteiger partial charge >= 0.3 is 0 Å². The molecule has 0 unspecified atom stereocenters. The molecule has 1 N–H and O–H groups in total. The number of rotatable bonds is 5. The van der Waals surface area contributed by atoms with Gasteiger partial charge in [-0.2, -0.15) is 5.10 Å². The first-order valence-electron chi connectivity index (χ1n) is 6.29. The summed E-state index contributed by atoms with van der Waals surface area (Å²) in [5.41, 5.74) is 2.36. The molecule has 0 bridgehead atoms. The monoisotopic (exact) mass is 293 g/mol. The van der Waals surface area contributed by atoms with Crippen molar-refractivity contribution < 1.29 is 4.79 Å². The summed E-state index contributed by atoms with van der Waals surface area (Å²) in [5, 5.41) is 7.66. The number of hydrogen-bond donors (Lipinski definition) is 1. The van der Waals surface area contributed by atoms with Crippen molar-refractivity contribution in [1.82, 2.24) is 19.7 Å². The van der Waals surface area contributed by atoms with Crippen molar-refractivity contribution in [3.8, 4) is 0 Å². The Balaban J connectivity index is 2.24. The number of aldehydes is 1. The van der Waals surface area contributed by atoms with Gasteiger partial charge in [-0.3, -0.25) is 9.48 Å². The van der Waals surface area contributed by atoms with Crippen LogP contribution in [-0.4, -0.2) is 26.0 Å². The van der Waals surface area contributed by atoms with E-state index >= 15 is 0 Å². The molecule has 2 aromatic heterocycles. The van der Waals surface area contributed by atoms with Crippen LogP contribution >= 0.6 is 11.6 Å². The van der Waals surface area contributed by atoms with Crippen LogP contribution in [0.3, 0.4) is 0 Å². The van der Waals surface area contributed by atoms with Gasteiger partial charge in [0.2, 0.25) is 0 Å². The number of nitrogens with zero attached hydrogens (tertiary/aromatic N) is 4. The van der Waals surface area contributed by atoms with Gasteiger partial charge in [-0.05, 0) is 13.3 Å². The Morgan fingerprint density at radius 3 is 2.85 bits per heavy atom. The molecule has 7 heteroatoms. The smallest absolute Gasteiger partial charge is 0.156 e. The Hall–Kier alpha value is -1.95. The molecule has 0 aliphatic heterocycles. The zero-order chi connectivity index (χ0) is 14.7. The molecule has 0 saturated carbocycles. The Morgan fingerprint density at radius 1 is 1.45 bits per heavy atom. The number of carbonyl (C=O) groups is 1. The number of aromatic nitrogens is 4. The molecule has 0 spiro atoms. The van der Waals surface area contributed by atoms with Gasteiger partial charge in [-0.15, -0.1) is 0 Å². The number of carbonyl (C=O) groups excluding carboxylic acids is 1. The third-order valence-corrected chi connectivity index (χ3v) is 3.19. The minimum absolute atomic E-state index is 0.164. The van der Waals surface area contributed by atoms with Crippen LogP contribution in [0, 0.1) is 6.92 Å². The van der Waals surface area contributed by atoms with Crippen LogP contribution in [-0.2, 0) is 20.0 Å². The fourth-order valence-corrected chi connectivity index (χ4v) is 2.25. The van der Waals surface area contributed by atoms with Gasteiger partial charge in [-0.1, -0.05) is 18.5 Å². The molecule has 2 aromatic rings. The van der Waals surface area contributed by atoms with Gasteiger partial charge in [-0.25, -0.2) is 9.97 Å². The van der Waals surface area contributed by atoms with Gasteiger partial charge in [0.25, 0.3) is 0 Å². The van der Waals surface area contributed by atoms with Gasteiger partial charge in [0, 0.05) is 25.4 Å². The molecule has 2 heterocycles. The molecule has 20 heavy (non-hydrogen) atoms. The summed E-state index contributed by atoms with van der Waals surface area (Å²) in [6.45, 7) is 4.31. The highest BCUT2D eigenvalue weighted by molar-refractivity contribution is 6.32. The molecule has 0 amide bonds. The van der Waals surface area contributed by atoms with Crippen LogP contribution in [0.5, 0.6) is 0 Å². The summed E-state index contributed by atoms with van der Waals surface area (Å²) in [7, 11) is 1.88. The van der Waals surface area contributed by atoms with Crippen LogP contribution in [0.1, 0.15) is 34.4 Å². The molecule has 0 aromatic carbocycles. The van der Waals surface area contributed by atoms with Crippen molar-refractivity contribution in [1.29, 1.82) is 0 Å². The molecular weight excluding hydrogens is 278 g/mol. The van der Waals surface area contributed by atoms with Crippen LogP contribution < -0.4 is 5.32 Å². The second-order valence-corrected chi connectivity index (χ2v) is 4.78. The first-order chi connectivity index (χ1) is 9.55. The van der Waals surface area contributed by atoms with E-state index in [-0.39, 0.29) is 10.7 Å². The SMILES string of the molecule is CCc1nn(C)cc1CNc1nc(C)nc(Cl)c1C=O. The lowest BCUT2D eigenvalue weighted by Gasteiger charge is -2.09. The standard InChI is InChI=1S/C13H16ClN5O/c1-4-11-9(6-19(3)18-11)5-15-13-10(7-20)12(14)16-8(2)17-13/h6-7H,4-5H2,1-3H3,(H,15,16,17). The van der Waals surface area contributed by atoms with Crippen LogP contribution in [0.4, 0.5) is 5.82 Å². The van der Waals surface area contributed by atoms with E-state index in [4.69, 9.17) is 11.6 Å². The maximum Gasteiger partial charge on any atom is 0.156 e. The van der Waals surface area contributed by atoms with E-state index in [1.54, 1.807) is 11.6 Å². The van der Waals surface area contributed by atoms with Gasteiger partial charge in [0.15, 0.2) is 6.29 Å². The highest BCUT2D eigenvalue weighted by atomic mass is 35.5. The maximum absolute atomic E-state index is 11.1. The molecule has 106 valence electrons. The molecule has 6 nitrogen and oxygen atoms in total. The predicted molar refractivity (Wildman–Crippen MR) is 77.1 cm³/mol. The molecule has 2 rings (SSSR count). The topological polar surface area (TPSA) is 72.7 Å². The zero-order valence-electron chi connectivity index (χ0n) is 11.6. The number of aryl methyl sites for hydroxylation is 3. The highest BCUT2D eigenvalue weighted by Crippen LogP contribution is 2.20. The summed E-state index contributed by atoms with van der Waals surface area (Å²) in [4.78, 5) is 19.3. The molecule has 0 atom stereocenters. The number of anilines is 1. The first-order valence-corrected chi connectivity index (χ1v) is 6.67. The van der Waals surface area contributed by atoms with E-state index in [1.165, 1.54) is 0 Å². The minimum atomic E-state index is 0.164. The summed E-state index contributed by atoms with van der Waals surface area (Å²) < 4.78 is 1.77. The molecular formula is C13H16ClN5O. The van der Waals surface area contributed by atoms with Crippen LogP contribution in [0.2, 0.25) is 5.15 Å². The number of nitrogens with one attached hydrogen (secondary N) is 1. The minimum Gasteiger partial charge on any atom is -0.365 e. The van der Waals surface area contributed by atoms with Crippen molar-refractivity contribution in [3.63, 3.8) is 0 Å². The van der Waals surface area contributed by atoms with E-state index in [9.17, 15) is 4.79 Å². The Morgan fingerprint density at radius 2 is 2.20 bits per heavy atom. The van der Waals surface area contributed by atoms with Gasteiger partial charge in [0.05, 0.1) is 11.3 Å². The van der Waals surface area contributed by atoms with Crippen molar-refractivity contribution in [2.24, 2.45) is 7.05 Å². The predicted octanol–water partition coefficient (Wildman–Crippen LogP) is 2.16. The number of halogens is 1. The van der Waals surface area contributed by atoms with Crippen molar-refractivity contribution in [3.05, 3.63) is 34.0 Å². The highest BCUT2D eigenvalue weighted by Gasteiger charge is 2.12. The van der Waals surface area contributed by atoms with E-state index in [0.717, 1.165) is 17.7 Å². The average Bonchev–Trinajstić information content (AvgIpc) is 2.76. The first kappa shape index (κ1) is 14.5. The third-order valence-electron chi connectivity index (χ3n) is 2.90. The van der Waals surface area contributed by atoms with Crippen LogP contribution in [0.25, 0.3) is 0 Å². The summed E-state index contributed by atoms with van der Waals surface area (Å²) in [6, 6.07) is 0. The fourth-order valence-electron chi connectivity index (χ4n) is 1.99. The Bertz CT molecular complexity index is 638. The van der Waals surface area contributed by atoms with Gasteiger partial charge in [0.1, 0.15) is 16.8 Å². The fraction of sp³-hybridized carbons (Fsp3) is 0.385. The van der Waals surface area contributed by atoms with Crippen molar-refractivity contribution >= 4 is 23.7 Å². The van der Waals surface area contributed by atoms with Crippen molar-refractivity contribution in [2.75, 3.05) is 5.32 Å². The molecule has 0 aliphatic rings. The maximum atomic E-state index is 11.1. The summed E-state index contributed by atoms with van der Waals surface area (Å²) in [5.74, 6) is 0.966. The normalized spacial score (nSPS) is 10.6. The lowest BCUT2D eigenvalue weighted by Crippen LogP contribution is -2.08. The quantitative estimate of drug-likeness (QED) is 0.675. The molecule has 0 radical (unpaired) electrons. The molecule has 0 aliphatic carbocycles. The van der Waals surface area contributed by atoms with E-state index in [1.807, 2.05) is 20.2 Å². The third kappa shape index (κ3) is 2.96. The number of hydrogen-bond acceptors (Lipinski definition) is 5. The second-order valence-electron chi connectivity index (χ2n) is 4.42. The molecule has 0 fully saturated rings. The largest absolute Gasteiger partial charge is 0.365 e. The Labute approximate surface area is 122 Å². The summed E-state index contributed by atoms with van der Waals surface area (Å²) >= 11 is 5.94. The van der Waals surface area contributed by atoms with Crippen LogP contribution in [0.15, 0.2) is 6.20 Å². The zero-order valence-corrected chi connectivity index (χ0v) is 12.4. The van der Waals surface area contributed by atoms with Crippen molar-refractivity contribution in [2.45, 2.75) is 26.8 Å². The second kappa shape index (κ2) is 6.00. The van der Waals surface area contributed by atoms with E-state index in [2.05, 4.69) is 20.4 Å². The lowest BCUT2D eigenvalue weighted by molar-refractivity contribution is 0.112.